The summed E-state index contributed by atoms with van der Waals surface area (Å²) in [5, 5.41) is 0. The largest absolute Gasteiger partial charge is 0.493 e. The van der Waals surface area contributed by atoms with Crippen molar-refractivity contribution >= 4 is 29.1 Å². The van der Waals surface area contributed by atoms with E-state index in [1.807, 2.05) is 36.4 Å². The Bertz CT molecular complexity index is 1810. The van der Waals surface area contributed by atoms with E-state index in [9.17, 15) is 14.0 Å². The molecule has 0 amide bonds. The Morgan fingerprint density at radius 2 is 1.85 bits per heavy atom. The molecule has 1 aliphatic rings. The SMILES string of the molecule is C=CCOc1ccc(/C=c2\sc3n(c2=O)[C@H](c2ccc(F)cc2)C(C(=O)OCC)=C(c2ccccc2)N=3)cc1OC. The van der Waals surface area contributed by atoms with Crippen LogP contribution in [0.5, 0.6) is 11.5 Å². The fourth-order valence-electron chi connectivity index (χ4n) is 4.59. The molecule has 4 aromatic rings. The molecule has 41 heavy (non-hydrogen) atoms. The first-order valence-corrected chi connectivity index (χ1v) is 13.7. The topological polar surface area (TPSA) is 79.1 Å². The lowest BCUT2D eigenvalue weighted by Gasteiger charge is -2.25. The molecule has 0 aliphatic carbocycles. The highest BCUT2D eigenvalue weighted by Crippen LogP contribution is 2.35. The van der Waals surface area contributed by atoms with Gasteiger partial charge < -0.3 is 14.2 Å². The van der Waals surface area contributed by atoms with Crippen molar-refractivity contribution in [2.24, 2.45) is 4.99 Å². The van der Waals surface area contributed by atoms with Gasteiger partial charge in [-0.15, -0.1) is 0 Å². The van der Waals surface area contributed by atoms with E-state index in [0.29, 0.717) is 49.8 Å². The molecule has 208 valence electrons. The molecule has 0 unspecified atom stereocenters. The minimum atomic E-state index is -0.882. The summed E-state index contributed by atoms with van der Waals surface area (Å²) >= 11 is 1.20. The number of rotatable bonds is 9. The van der Waals surface area contributed by atoms with Gasteiger partial charge in [-0.25, -0.2) is 14.2 Å². The van der Waals surface area contributed by atoms with Gasteiger partial charge in [-0.05, 0) is 48.4 Å². The number of aromatic nitrogens is 1. The smallest absolute Gasteiger partial charge is 0.338 e. The lowest BCUT2D eigenvalue weighted by atomic mass is 9.93. The predicted octanol–water partition coefficient (Wildman–Crippen LogP) is 4.65. The molecule has 5 rings (SSSR count). The first-order chi connectivity index (χ1) is 19.9. The number of methoxy groups -OCH3 is 1. The van der Waals surface area contributed by atoms with Crippen molar-refractivity contribution in [2.75, 3.05) is 20.3 Å². The third-order valence-electron chi connectivity index (χ3n) is 6.40. The Labute approximate surface area is 239 Å². The van der Waals surface area contributed by atoms with E-state index in [1.54, 1.807) is 50.5 Å². The molecule has 1 aliphatic heterocycles. The van der Waals surface area contributed by atoms with Crippen LogP contribution in [0.1, 0.15) is 29.7 Å². The summed E-state index contributed by atoms with van der Waals surface area (Å²) < 4.78 is 32.4. The fraction of sp³-hybridized carbons (Fsp3) is 0.156. The van der Waals surface area contributed by atoms with Gasteiger partial charge in [-0.2, -0.15) is 0 Å². The van der Waals surface area contributed by atoms with Crippen LogP contribution >= 0.6 is 11.3 Å². The molecule has 0 fully saturated rings. The molecular formula is C32H27FN2O5S. The quantitative estimate of drug-likeness (QED) is 0.216. The average molecular weight is 571 g/mol. The Hall–Kier alpha value is -4.76. The zero-order chi connectivity index (χ0) is 28.9. The fourth-order valence-corrected chi connectivity index (χ4v) is 5.60. The maximum Gasteiger partial charge on any atom is 0.338 e. The van der Waals surface area contributed by atoms with Gasteiger partial charge in [0.05, 0.1) is 35.6 Å². The van der Waals surface area contributed by atoms with Gasteiger partial charge in [0.1, 0.15) is 12.4 Å². The van der Waals surface area contributed by atoms with Crippen LogP contribution in [0.25, 0.3) is 11.8 Å². The number of ether oxygens (including phenoxy) is 3. The van der Waals surface area contributed by atoms with Gasteiger partial charge in [0.25, 0.3) is 5.56 Å². The molecule has 0 bridgehead atoms. The van der Waals surface area contributed by atoms with E-state index in [-0.39, 0.29) is 17.7 Å². The van der Waals surface area contributed by atoms with Gasteiger partial charge in [0, 0.05) is 5.56 Å². The van der Waals surface area contributed by atoms with Gasteiger partial charge in [0.2, 0.25) is 0 Å². The first-order valence-electron chi connectivity index (χ1n) is 12.9. The maximum atomic E-state index is 14.0. The second kappa shape index (κ2) is 12.2. The third-order valence-corrected chi connectivity index (χ3v) is 7.38. The van der Waals surface area contributed by atoms with Gasteiger partial charge in [-0.1, -0.05) is 72.5 Å². The highest BCUT2D eigenvalue weighted by Gasteiger charge is 2.35. The lowest BCUT2D eigenvalue weighted by molar-refractivity contribution is -0.138. The van der Waals surface area contributed by atoms with Crippen LogP contribution < -0.4 is 24.4 Å². The predicted molar refractivity (Wildman–Crippen MR) is 156 cm³/mol. The van der Waals surface area contributed by atoms with Crippen LogP contribution in [-0.4, -0.2) is 30.9 Å². The molecular weight excluding hydrogens is 543 g/mol. The van der Waals surface area contributed by atoms with E-state index in [0.717, 1.165) is 0 Å². The molecule has 3 aromatic carbocycles. The molecule has 0 spiro atoms. The number of esters is 1. The Morgan fingerprint density at radius 3 is 2.54 bits per heavy atom. The summed E-state index contributed by atoms with van der Waals surface area (Å²) in [7, 11) is 1.54. The molecule has 1 atom stereocenters. The summed E-state index contributed by atoms with van der Waals surface area (Å²) in [6.07, 6.45) is 3.38. The number of thiazole rings is 1. The summed E-state index contributed by atoms with van der Waals surface area (Å²) in [6, 6.07) is 19.5. The van der Waals surface area contributed by atoms with Crippen molar-refractivity contribution in [3.05, 3.63) is 133 Å². The number of nitrogens with zero attached hydrogens (tertiary/aromatic N) is 2. The van der Waals surface area contributed by atoms with Crippen molar-refractivity contribution in [3.8, 4) is 11.5 Å². The van der Waals surface area contributed by atoms with Crippen LogP contribution in [-0.2, 0) is 9.53 Å². The highest BCUT2D eigenvalue weighted by molar-refractivity contribution is 7.07. The molecule has 2 heterocycles. The molecule has 0 N–H and O–H groups in total. The van der Waals surface area contributed by atoms with Crippen molar-refractivity contribution in [1.82, 2.24) is 4.57 Å². The van der Waals surface area contributed by atoms with Crippen molar-refractivity contribution in [3.63, 3.8) is 0 Å². The van der Waals surface area contributed by atoms with E-state index >= 15 is 0 Å². The normalized spacial score (nSPS) is 14.7. The minimum absolute atomic E-state index is 0.138. The van der Waals surface area contributed by atoms with Crippen LogP contribution in [0.15, 0.2) is 101 Å². The summed E-state index contributed by atoms with van der Waals surface area (Å²) in [5.41, 5.74) is 2.22. The van der Waals surface area contributed by atoms with Gasteiger partial charge in [-0.3, -0.25) is 9.36 Å². The zero-order valence-electron chi connectivity index (χ0n) is 22.5. The van der Waals surface area contributed by atoms with E-state index in [1.165, 1.54) is 28.0 Å². The molecule has 0 saturated carbocycles. The number of halogens is 1. The Kier molecular flexibility index (Phi) is 8.26. The zero-order valence-corrected chi connectivity index (χ0v) is 23.3. The summed E-state index contributed by atoms with van der Waals surface area (Å²) in [6.45, 7) is 5.84. The lowest BCUT2D eigenvalue weighted by Crippen LogP contribution is -2.40. The van der Waals surface area contributed by atoms with Gasteiger partial charge in [0.15, 0.2) is 16.3 Å². The third kappa shape index (κ3) is 5.62. The average Bonchev–Trinajstić information content (AvgIpc) is 3.30. The summed E-state index contributed by atoms with van der Waals surface area (Å²) in [5.74, 6) is 0.0292. The molecule has 9 heteroatoms. The van der Waals surface area contributed by atoms with E-state index in [4.69, 9.17) is 19.2 Å². The summed E-state index contributed by atoms with van der Waals surface area (Å²) in [4.78, 5) is 32.6. The van der Waals surface area contributed by atoms with E-state index in [2.05, 4.69) is 6.58 Å². The first kappa shape index (κ1) is 27.8. The number of hydrogen-bond donors (Lipinski definition) is 0. The Morgan fingerprint density at radius 1 is 1.10 bits per heavy atom. The van der Waals surface area contributed by atoms with Crippen molar-refractivity contribution < 1.29 is 23.4 Å². The van der Waals surface area contributed by atoms with E-state index < -0.39 is 17.8 Å². The number of carbonyl (C=O) groups excluding carboxylic acids is 1. The standard InChI is InChI=1S/C32H27FN2O5S/c1-4-17-40-24-16-11-20(18-25(24)38-3)19-26-30(36)35-29(22-12-14-23(33)15-13-22)27(31(37)39-5-2)28(34-32(35)41-26)21-9-7-6-8-10-21/h4,6-16,18-19,29H,1,5,17H2,2-3H3/b26-19-/t29-/m1/s1. The maximum absolute atomic E-state index is 14.0. The van der Waals surface area contributed by atoms with Crippen molar-refractivity contribution in [1.29, 1.82) is 0 Å². The van der Waals surface area contributed by atoms with Crippen LogP contribution in [0.2, 0.25) is 0 Å². The van der Waals surface area contributed by atoms with Crippen LogP contribution in [0, 0.1) is 5.82 Å². The minimum Gasteiger partial charge on any atom is -0.493 e. The Balaban J connectivity index is 1.75. The van der Waals surface area contributed by atoms with Crippen LogP contribution in [0.3, 0.4) is 0 Å². The molecule has 0 saturated heterocycles. The number of benzene rings is 3. The number of hydrogen-bond acceptors (Lipinski definition) is 7. The number of carbonyl (C=O) groups is 1. The molecule has 1 aromatic heterocycles. The molecule has 0 radical (unpaired) electrons. The van der Waals surface area contributed by atoms with Crippen molar-refractivity contribution in [2.45, 2.75) is 13.0 Å². The van der Waals surface area contributed by atoms with Crippen LogP contribution in [0.4, 0.5) is 4.39 Å². The van der Waals surface area contributed by atoms with Gasteiger partial charge >= 0.3 is 5.97 Å². The second-order valence-corrected chi connectivity index (χ2v) is 10.0. The highest BCUT2D eigenvalue weighted by atomic mass is 32.1. The molecule has 7 nitrogen and oxygen atoms in total. The monoisotopic (exact) mass is 570 g/mol. The second-order valence-electron chi connectivity index (χ2n) is 8.99. The number of fused-ring (bicyclic) bond motifs is 1.